The lowest BCUT2D eigenvalue weighted by Crippen LogP contribution is -2.25. The smallest absolute Gasteiger partial charge is 0.130 e. The zero-order valence-electron chi connectivity index (χ0n) is 15.7. The van der Waals surface area contributed by atoms with Crippen molar-refractivity contribution < 1.29 is 18.6 Å². The highest BCUT2D eigenvalue weighted by molar-refractivity contribution is 5.54. The van der Waals surface area contributed by atoms with Gasteiger partial charge in [0, 0.05) is 17.7 Å². The molecule has 0 unspecified atom stereocenters. The number of hydrogen-bond acceptors (Lipinski definition) is 4. The van der Waals surface area contributed by atoms with Gasteiger partial charge in [-0.15, -0.1) is 0 Å². The number of methoxy groups -OCH3 is 3. The molecule has 0 N–H and O–H groups in total. The Bertz CT molecular complexity index is 628. The summed E-state index contributed by atoms with van der Waals surface area (Å²) in [6.45, 7) is 8.93. The van der Waals surface area contributed by atoms with E-state index in [0.717, 1.165) is 22.8 Å². The molecule has 0 fully saturated rings. The van der Waals surface area contributed by atoms with Gasteiger partial charge in [0.2, 0.25) is 0 Å². The van der Waals surface area contributed by atoms with Crippen LogP contribution < -0.4 is 14.2 Å². The highest BCUT2D eigenvalue weighted by Gasteiger charge is 2.36. The maximum Gasteiger partial charge on any atom is 0.130 e. The van der Waals surface area contributed by atoms with Gasteiger partial charge < -0.3 is 18.6 Å². The first-order valence-electron chi connectivity index (χ1n) is 8.16. The van der Waals surface area contributed by atoms with Crippen molar-refractivity contribution in [1.29, 1.82) is 0 Å². The summed E-state index contributed by atoms with van der Waals surface area (Å²) in [5.74, 6) is 3.39. The van der Waals surface area contributed by atoms with Crippen LogP contribution in [0.15, 0.2) is 34.9 Å². The third-order valence-corrected chi connectivity index (χ3v) is 4.78. The molecule has 2 rings (SSSR count). The normalized spacial score (nSPS) is 14.1. The van der Waals surface area contributed by atoms with E-state index >= 15 is 0 Å². The Labute approximate surface area is 144 Å². The summed E-state index contributed by atoms with van der Waals surface area (Å²) in [5, 5.41) is 0. The van der Waals surface area contributed by atoms with E-state index in [2.05, 4.69) is 27.7 Å². The second-order valence-electron chi connectivity index (χ2n) is 7.09. The lowest BCUT2D eigenvalue weighted by Gasteiger charge is -2.35. The van der Waals surface area contributed by atoms with E-state index in [4.69, 9.17) is 18.6 Å². The van der Waals surface area contributed by atoms with Crippen molar-refractivity contribution in [2.75, 3.05) is 21.3 Å². The van der Waals surface area contributed by atoms with Gasteiger partial charge in [0.05, 0.1) is 33.5 Å². The van der Waals surface area contributed by atoms with Gasteiger partial charge in [-0.1, -0.05) is 27.7 Å². The third-order valence-electron chi connectivity index (χ3n) is 4.78. The van der Waals surface area contributed by atoms with Gasteiger partial charge in [-0.3, -0.25) is 0 Å². The van der Waals surface area contributed by atoms with E-state index in [1.807, 2.05) is 24.3 Å². The Morgan fingerprint density at radius 1 is 0.958 bits per heavy atom. The van der Waals surface area contributed by atoms with Crippen molar-refractivity contribution >= 4 is 0 Å². The zero-order chi connectivity index (χ0) is 17.9. The second-order valence-corrected chi connectivity index (χ2v) is 7.09. The molecule has 0 radical (unpaired) electrons. The minimum atomic E-state index is 0.0100. The van der Waals surface area contributed by atoms with Gasteiger partial charge in [0.25, 0.3) is 0 Å². The Morgan fingerprint density at radius 3 is 1.92 bits per heavy atom. The topological polar surface area (TPSA) is 40.8 Å². The third kappa shape index (κ3) is 3.53. The highest BCUT2D eigenvalue weighted by Crippen LogP contribution is 2.49. The van der Waals surface area contributed by atoms with Gasteiger partial charge in [0.1, 0.15) is 23.0 Å². The first kappa shape index (κ1) is 18.2. The molecule has 0 aliphatic carbocycles. The summed E-state index contributed by atoms with van der Waals surface area (Å²) in [4.78, 5) is 0. The molecule has 1 aromatic heterocycles. The molecular weight excluding hydrogens is 304 g/mol. The quantitative estimate of drug-likeness (QED) is 0.736. The predicted molar refractivity (Wildman–Crippen MR) is 95.3 cm³/mol. The summed E-state index contributed by atoms with van der Waals surface area (Å²) in [5.41, 5.74) is 1.06. The molecule has 0 saturated carbocycles. The maximum absolute atomic E-state index is 5.78. The van der Waals surface area contributed by atoms with Crippen molar-refractivity contribution in [3.8, 4) is 17.2 Å². The van der Waals surface area contributed by atoms with Crippen molar-refractivity contribution in [2.45, 2.75) is 33.6 Å². The van der Waals surface area contributed by atoms with Gasteiger partial charge >= 0.3 is 0 Å². The zero-order valence-corrected chi connectivity index (χ0v) is 15.7. The number of benzene rings is 1. The van der Waals surface area contributed by atoms with Gasteiger partial charge in [0.15, 0.2) is 0 Å². The van der Waals surface area contributed by atoms with Crippen LogP contribution >= 0.6 is 0 Å². The van der Waals surface area contributed by atoms with E-state index in [0.29, 0.717) is 11.7 Å². The van der Waals surface area contributed by atoms with Crippen LogP contribution in [0.2, 0.25) is 0 Å². The van der Waals surface area contributed by atoms with Crippen LogP contribution in [-0.2, 0) is 0 Å². The van der Waals surface area contributed by atoms with Crippen LogP contribution in [0.4, 0.5) is 0 Å². The molecular formula is C20H28O4. The lowest BCUT2D eigenvalue weighted by atomic mass is 9.70. The minimum absolute atomic E-state index is 0.0100. The fourth-order valence-electron chi connectivity index (χ4n) is 2.95. The lowest BCUT2D eigenvalue weighted by molar-refractivity contribution is 0.217. The van der Waals surface area contributed by atoms with Crippen LogP contribution in [0.1, 0.15) is 44.9 Å². The van der Waals surface area contributed by atoms with E-state index in [9.17, 15) is 0 Å². The van der Waals surface area contributed by atoms with Crippen LogP contribution in [0, 0.1) is 11.3 Å². The van der Waals surface area contributed by atoms with E-state index in [1.165, 1.54) is 0 Å². The predicted octanol–water partition coefficient (Wildman–Crippen LogP) is 5.12. The van der Waals surface area contributed by atoms with Gasteiger partial charge in [-0.2, -0.15) is 0 Å². The van der Waals surface area contributed by atoms with Gasteiger partial charge in [-0.25, -0.2) is 0 Å². The largest absolute Gasteiger partial charge is 0.496 e. The Morgan fingerprint density at radius 2 is 1.54 bits per heavy atom. The van der Waals surface area contributed by atoms with Crippen molar-refractivity contribution in [2.24, 2.45) is 11.3 Å². The molecule has 0 saturated heterocycles. The first-order chi connectivity index (χ1) is 11.3. The molecule has 4 nitrogen and oxygen atoms in total. The first-order valence-corrected chi connectivity index (χ1v) is 8.16. The standard InChI is InChI=1S/C20H28O4/c1-13(20(2,3)4)18(15-9-8-10-24-15)19-16(22-6)11-14(21-5)12-17(19)23-7/h8-13,18H,1-7H3/t13-,18+/m0/s1. The Balaban J connectivity index is 2.70. The van der Waals surface area contributed by atoms with Crippen LogP contribution in [0.3, 0.4) is 0 Å². The average molecular weight is 332 g/mol. The fourth-order valence-corrected chi connectivity index (χ4v) is 2.95. The van der Waals surface area contributed by atoms with Crippen molar-refractivity contribution in [3.63, 3.8) is 0 Å². The minimum Gasteiger partial charge on any atom is -0.496 e. The van der Waals surface area contributed by atoms with Crippen molar-refractivity contribution in [3.05, 3.63) is 41.9 Å². The summed E-state index contributed by atoms with van der Waals surface area (Å²) in [6.07, 6.45) is 1.71. The van der Waals surface area contributed by atoms with Crippen LogP contribution in [0.25, 0.3) is 0 Å². The average Bonchev–Trinajstić information content (AvgIpc) is 3.08. The molecule has 0 aliphatic heterocycles. The monoisotopic (exact) mass is 332 g/mol. The number of furan rings is 1. The Hall–Kier alpha value is -2.10. The molecule has 132 valence electrons. The summed E-state index contributed by atoms with van der Waals surface area (Å²) < 4.78 is 22.5. The van der Waals surface area contributed by atoms with E-state index < -0.39 is 0 Å². The molecule has 0 amide bonds. The molecule has 0 bridgehead atoms. The number of ether oxygens (including phenoxy) is 3. The molecule has 4 heteroatoms. The molecule has 24 heavy (non-hydrogen) atoms. The SMILES string of the molecule is COc1cc(OC)c([C@@H](c2ccco2)[C@H](C)C(C)(C)C)c(OC)c1. The van der Waals surface area contributed by atoms with Gasteiger partial charge in [-0.05, 0) is 23.5 Å². The number of hydrogen-bond donors (Lipinski definition) is 0. The maximum atomic E-state index is 5.78. The highest BCUT2D eigenvalue weighted by atomic mass is 16.5. The molecule has 0 aliphatic rings. The summed E-state index contributed by atoms with van der Waals surface area (Å²) in [7, 11) is 4.97. The molecule has 1 heterocycles. The van der Waals surface area contributed by atoms with E-state index in [1.54, 1.807) is 27.6 Å². The molecule has 2 aromatic rings. The Kier molecular flexibility index (Phi) is 5.47. The van der Waals surface area contributed by atoms with Crippen LogP contribution in [-0.4, -0.2) is 21.3 Å². The second kappa shape index (κ2) is 7.20. The van der Waals surface area contributed by atoms with Crippen LogP contribution in [0.5, 0.6) is 17.2 Å². The fraction of sp³-hybridized carbons (Fsp3) is 0.500. The number of rotatable bonds is 6. The molecule has 1 aromatic carbocycles. The van der Waals surface area contributed by atoms with Crippen molar-refractivity contribution in [1.82, 2.24) is 0 Å². The van der Waals surface area contributed by atoms with E-state index in [-0.39, 0.29) is 11.3 Å². The summed E-state index contributed by atoms with van der Waals surface area (Å²) >= 11 is 0. The summed E-state index contributed by atoms with van der Waals surface area (Å²) in [6, 6.07) is 7.71. The molecule has 2 atom stereocenters. The molecule has 0 spiro atoms.